The van der Waals surface area contributed by atoms with Crippen LogP contribution in [0.3, 0.4) is 0 Å². The molecule has 0 aromatic heterocycles. The van der Waals surface area contributed by atoms with E-state index in [0.29, 0.717) is 50.3 Å². The number of carbonyl (C=O) groups excluding carboxylic acids is 3. The van der Waals surface area contributed by atoms with Gasteiger partial charge in [0, 0.05) is 37.9 Å². The van der Waals surface area contributed by atoms with E-state index >= 15 is 0 Å². The van der Waals surface area contributed by atoms with Gasteiger partial charge in [-0.15, -0.1) is 4.65 Å². The molecule has 7 nitrogen and oxygen atoms in total. The lowest BCUT2D eigenvalue weighted by Crippen LogP contribution is -2.61. The third-order valence-electron chi connectivity index (χ3n) is 6.96. The number of quaternary nitrogens is 1. The Morgan fingerprint density at radius 1 is 0.919 bits per heavy atom. The average Bonchev–Trinajstić information content (AvgIpc) is 3.00. The first-order valence-electron chi connectivity index (χ1n) is 12.5. The highest BCUT2D eigenvalue weighted by molar-refractivity contribution is 6.10. The van der Waals surface area contributed by atoms with Crippen molar-refractivity contribution in [1.29, 1.82) is 0 Å². The van der Waals surface area contributed by atoms with Crippen molar-refractivity contribution in [3.05, 3.63) is 65.7 Å². The van der Waals surface area contributed by atoms with Gasteiger partial charge >= 0.3 is 12.1 Å². The fourth-order valence-corrected chi connectivity index (χ4v) is 4.94. The second-order valence-corrected chi connectivity index (χ2v) is 9.56. The Morgan fingerprint density at radius 2 is 1.59 bits per heavy atom. The zero-order chi connectivity index (χ0) is 26.5. The van der Waals surface area contributed by atoms with Crippen LogP contribution in [0, 0.1) is 0 Å². The number of halogens is 3. The summed E-state index contributed by atoms with van der Waals surface area (Å²) >= 11 is 0. The van der Waals surface area contributed by atoms with Gasteiger partial charge in [-0.05, 0) is 24.1 Å². The number of benzene rings is 2. The van der Waals surface area contributed by atoms with E-state index in [1.165, 1.54) is 0 Å². The minimum atomic E-state index is -5.07. The molecule has 1 saturated heterocycles. The average molecular weight is 519 g/mol. The van der Waals surface area contributed by atoms with Crippen molar-refractivity contribution < 1.29 is 37.0 Å². The van der Waals surface area contributed by atoms with Crippen LogP contribution in [-0.4, -0.2) is 72.7 Å². The molecule has 198 valence electrons. The lowest BCUT2D eigenvalue weighted by molar-refractivity contribution is -1.09. The highest BCUT2D eigenvalue weighted by atomic mass is 19.4. The molecule has 0 unspecified atom stereocenters. The number of piperazine rings is 1. The van der Waals surface area contributed by atoms with E-state index in [1.54, 1.807) is 29.2 Å². The number of amides is 1. The molecule has 2 aromatic carbocycles. The zero-order valence-electron chi connectivity index (χ0n) is 20.6. The Balaban J connectivity index is 1.39. The van der Waals surface area contributed by atoms with Crippen LogP contribution in [0.4, 0.5) is 18.9 Å². The summed E-state index contributed by atoms with van der Waals surface area (Å²) in [6.07, 6.45) is -3.86. The number of fused-ring (bicyclic) bond motifs is 1. The summed E-state index contributed by atoms with van der Waals surface area (Å²) in [6, 6.07) is 16.8. The first-order valence-corrected chi connectivity index (χ1v) is 12.5. The quantitative estimate of drug-likeness (QED) is 0.389. The number of ketones is 1. The first-order chi connectivity index (χ1) is 17.7. The normalized spacial score (nSPS) is 18.3. The van der Waals surface area contributed by atoms with Crippen LogP contribution in [0.2, 0.25) is 0 Å². The monoisotopic (exact) mass is 518 g/mol. The predicted molar refractivity (Wildman–Crippen MR) is 130 cm³/mol. The predicted octanol–water partition coefficient (Wildman–Crippen LogP) is 4.13. The van der Waals surface area contributed by atoms with Crippen molar-refractivity contribution in [3.8, 4) is 0 Å². The second-order valence-electron chi connectivity index (χ2n) is 9.56. The van der Waals surface area contributed by atoms with E-state index in [-0.39, 0.29) is 44.2 Å². The molecule has 0 aliphatic carbocycles. The zero-order valence-corrected chi connectivity index (χ0v) is 20.6. The number of nitrogens with zero attached hydrogens (tertiary/aromatic N) is 3. The summed E-state index contributed by atoms with van der Waals surface area (Å²) in [4.78, 5) is 45.6. The Kier molecular flexibility index (Phi) is 8.29. The van der Waals surface area contributed by atoms with Crippen LogP contribution in [0.1, 0.15) is 41.6 Å². The summed E-state index contributed by atoms with van der Waals surface area (Å²) in [5.74, 6) is -2.41. The van der Waals surface area contributed by atoms with Crippen LogP contribution in [0.25, 0.3) is 0 Å². The van der Waals surface area contributed by atoms with Gasteiger partial charge in [-0.25, -0.2) is 4.79 Å². The van der Waals surface area contributed by atoms with Crippen LogP contribution < -0.4 is 4.90 Å². The molecule has 1 amide bonds. The van der Waals surface area contributed by atoms with Gasteiger partial charge in [0.2, 0.25) is 5.91 Å². The molecule has 0 atom stereocenters. The Labute approximate surface area is 213 Å². The van der Waals surface area contributed by atoms with Crippen molar-refractivity contribution >= 4 is 23.3 Å². The Morgan fingerprint density at radius 3 is 2.30 bits per heavy atom. The maximum atomic E-state index is 13.1. The molecule has 4 rings (SSSR count). The number of hydrogen-bond acceptors (Lipinski definition) is 5. The van der Waals surface area contributed by atoms with E-state index in [4.69, 9.17) is 4.84 Å². The molecule has 2 aliphatic heterocycles. The summed E-state index contributed by atoms with van der Waals surface area (Å²) in [7, 11) is 0. The van der Waals surface area contributed by atoms with Crippen molar-refractivity contribution in [3.63, 3.8) is 0 Å². The molecule has 0 bridgehead atoms. The minimum absolute atomic E-state index is 0.0802. The first kappa shape index (κ1) is 26.8. The van der Waals surface area contributed by atoms with Gasteiger partial charge < -0.3 is 4.90 Å². The largest absolute Gasteiger partial charge is 0.497 e. The number of para-hydroxylation sites is 1. The molecule has 0 N–H and O–H groups in total. The number of carbonyl (C=O) groups is 3. The third kappa shape index (κ3) is 6.75. The van der Waals surface area contributed by atoms with Crippen molar-refractivity contribution in [2.75, 3.05) is 44.2 Å². The van der Waals surface area contributed by atoms with E-state index in [2.05, 4.69) is 4.90 Å². The van der Waals surface area contributed by atoms with Gasteiger partial charge in [-0.2, -0.15) is 13.2 Å². The maximum Gasteiger partial charge on any atom is 0.497 e. The van der Waals surface area contributed by atoms with Gasteiger partial charge in [0.15, 0.2) is 5.78 Å². The minimum Gasteiger partial charge on any atom is -0.312 e. The number of alkyl halides is 3. The number of hydrogen-bond donors (Lipinski definition) is 0. The Bertz CT molecular complexity index is 1120. The molecule has 2 aliphatic rings. The van der Waals surface area contributed by atoms with Crippen LogP contribution in [0.5, 0.6) is 0 Å². The molecule has 2 heterocycles. The van der Waals surface area contributed by atoms with Crippen LogP contribution >= 0.6 is 0 Å². The van der Waals surface area contributed by atoms with E-state index in [0.717, 1.165) is 5.56 Å². The molecular weight excluding hydrogens is 487 g/mol. The summed E-state index contributed by atoms with van der Waals surface area (Å²) < 4.78 is 38.8. The van der Waals surface area contributed by atoms with Gasteiger partial charge in [-0.1, -0.05) is 42.5 Å². The number of anilines is 1. The molecular formula is C27H31F3N3O4+. The number of rotatable bonds is 8. The van der Waals surface area contributed by atoms with E-state index < -0.39 is 16.8 Å². The third-order valence-corrected chi connectivity index (χ3v) is 6.96. The SMILES string of the molecule is O=C1CCC(=O)N(CCCC[N+]2(OC(=O)C(F)(F)F)CCN(Cc3ccccc3)CC2)c2ccccc21. The molecule has 10 heteroatoms. The van der Waals surface area contributed by atoms with E-state index in [9.17, 15) is 27.6 Å². The molecule has 0 spiro atoms. The summed E-state index contributed by atoms with van der Waals surface area (Å²) in [5.41, 5.74) is 2.18. The van der Waals surface area contributed by atoms with Crippen molar-refractivity contribution in [2.24, 2.45) is 0 Å². The standard InChI is InChI=1S/C27H31F3N3O4/c28-27(29,30)26(36)37-33(18-15-31(16-19-33)20-21-8-2-1-3-9-21)17-7-6-14-32-23-11-5-4-10-22(23)24(34)12-13-25(32)35/h1-5,8-11H,6-7,12-20H2/q+1. The summed E-state index contributed by atoms with van der Waals surface area (Å²) in [6.45, 7) is 2.67. The summed E-state index contributed by atoms with van der Waals surface area (Å²) in [5, 5.41) is 0. The molecule has 0 radical (unpaired) electrons. The molecule has 0 saturated carbocycles. The van der Waals surface area contributed by atoms with Gasteiger partial charge in [0.05, 0.1) is 18.8 Å². The smallest absolute Gasteiger partial charge is 0.312 e. The fourth-order valence-electron chi connectivity index (χ4n) is 4.94. The lowest BCUT2D eigenvalue weighted by Gasteiger charge is -2.41. The number of unbranched alkanes of at least 4 members (excludes halogenated alkanes) is 1. The number of hydroxylamine groups is 3. The second kappa shape index (κ2) is 11.4. The molecule has 2 aromatic rings. The van der Waals surface area contributed by atoms with Crippen LogP contribution in [-0.2, 0) is 21.0 Å². The van der Waals surface area contributed by atoms with Crippen molar-refractivity contribution in [2.45, 2.75) is 38.4 Å². The number of Topliss-reactive ketones (excluding diaryl/α,β-unsaturated/α-hetero) is 1. The van der Waals surface area contributed by atoms with E-state index in [1.807, 2.05) is 30.3 Å². The fraction of sp³-hybridized carbons (Fsp3) is 0.444. The van der Waals surface area contributed by atoms with Gasteiger partial charge in [-0.3, -0.25) is 19.3 Å². The van der Waals surface area contributed by atoms with Gasteiger partial charge in [0.25, 0.3) is 0 Å². The molecule has 37 heavy (non-hydrogen) atoms. The van der Waals surface area contributed by atoms with Gasteiger partial charge in [0.1, 0.15) is 19.6 Å². The van der Waals surface area contributed by atoms with Crippen LogP contribution in [0.15, 0.2) is 54.6 Å². The topological polar surface area (TPSA) is 66.9 Å². The Hall–Kier alpha value is -3.24. The maximum absolute atomic E-state index is 13.1. The lowest BCUT2D eigenvalue weighted by atomic mass is 10.1. The highest BCUT2D eigenvalue weighted by Crippen LogP contribution is 2.28. The van der Waals surface area contributed by atoms with Crippen molar-refractivity contribution in [1.82, 2.24) is 4.90 Å². The molecule has 1 fully saturated rings. The highest BCUT2D eigenvalue weighted by Gasteiger charge is 2.48.